The van der Waals surface area contributed by atoms with Crippen molar-refractivity contribution in [3.05, 3.63) is 58.1 Å². The van der Waals surface area contributed by atoms with Crippen LogP contribution in [0.4, 0.5) is 0 Å². The molecule has 1 unspecified atom stereocenters. The van der Waals surface area contributed by atoms with Gasteiger partial charge in [-0.2, -0.15) is 0 Å². The van der Waals surface area contributed by atoms with Crippen LogP contribution in [-0.4, -0.2) is 16.5 Å². The molecule has 2 heterocycles. The molecule has 0 fully saturated rings. The second kappa shape index (κ2) is 6.78. The van der Waals surface area contributed by atoms with Gasteiger partial charge in [-0.15, -0.1) is 0 Å². The van der Waals surface area contributed by atoms with Crippen LogP contribution in [0.25, 0.3) is 0 Å². The van der Waals surface area contributed by atoms with E-state index in [2.05, 4.69) is 57.2 Å². The van der Waals surface area contributed by atoms with E-state index in [9.17, 15) is 0 Å². The van der Waals surface area contributed by atoms with E-state index in [0.29, 0.717) is 0 Å². The van der Waals surface area contributed by atoms with Crippen LogP contribution in [0.5, 0.6) is 0 Å². The summed E-state index contributed by atoms with van der Waals surface area (Å²) < 4.78 is 1.01. The van der Waals surface area contributed by atoms with Crippen molar-refractivity contribution in [1.29, 1.82) is 0 Å². The molecule has 0 spiro atoms. The molecule has 1 N–H and O–H groups in total. The van der Waals surface area contributed by atoms with Gasteiger partial charge in [0.05, 0.1) is 0 Å². The van der Waals surface area contributed by atoms with Crippen LogP contribution in [0.2, 0.25) is 0 Å². The summed E-state index contributed by atoms with van der Waals surface area (Å²) in [6.07, 6.45) is 4.54. The SMILES string of the molecule is CCNC(Cc1ccc(Br)cn1)c1cccnc1C. The van der Waals surface area contributed by atoms with Gasteiger partial charge in [-0.1, -0.05) is 13.0 Å². The highest BCUT2D eigenvalue weighted by atomic mass is 79.9. The van der Waals surface area contributed by atoms with Crippen molar-refractivity contribution in [3.8, 4) is 0 Å². The first kappa shape index (κ1) is 14.2. The third-order valence-corrected chi connectivity index (χ3v) is 3.54. The summed E-state index contributed by atoms with van der Waals surface area (Å²) in [4.78, 5) is 8.82. The van der Waals surface area contributed by atoms with Crippen LogP contribution >= 0.6 is 15.9 Å². The van der Waals surface area contributed by atoms with E-state index in [1.807, 2.05) is 24.5 Å². The number of hydrogen-bond donors (Lipinski definition) is 1. The van der Waals surface area contributed by atoms with Crippen LogP contribution in [0, 0.1) is 6.92 Å². The first-order valence-electron chi connectivity index (χ1n) is 6.46. The van der Waals surface area contributed by atoms with E-state index in [4.69, 9.17) is 0 Å². The topological polar surface area (TPSA) is 37.8 Å². The Kier molecular flexibility index (Phi) is 5.05. The molecule has 100 valence electrons. The second-order valence-corrected chi connectivity index (χ2v) is 5.38. The fraction of sp³-hybridized carbons (Fsp3) is 0.333. The van der Waals surface area contributed by atoms with Gasteiger partial charge in [-0.25, -0.2) is 0 Å². The van der Waals surface area contributed by atoms with Crippen molar-refractivity contribution in [3.63, 3.8) is 0 Å². The van der Waals surface area contributed by atoms with Crippen molar-refractivity contribution in [1.82, 2.24) is 15.3 Å². The third-order valence-electron chi connectivity index (χ3n) is 3.08. The molecule has 0 saturated carbocycles. The zero-order valence-electron chi connectivity index (χ0n) is 11.2. The zero-order valence-corrected chi connectivity index (χ0v) is 12.8. The van der Waals surface area contributed by atoms with Gasteiger partial charge in [-0.05, 0) is 53.2 Å². The zero-order chi connectivity index (χ0) is 13.7. The van der Waals surface area contributed by atoms with Crippen LogP contribution in [0.15, 0.2) is 41.1 Å². The van der Waals surface area contributed by atoms with Crippen molar-refractivity contribution >= 4 is 15.9 Å². The molecule has 1 atom stereocenters. The molecule has 3 nitrogen and oxygen atoms in total. The van der Waals surface area contributed by atoms with Crippen LogP contribution in [-0.2, 0) is 6.42 Å². The number of nitrogens with one attached hydrogen (secondary N) is 1. The Morgan fingerprint density at radius 2 is 2.11 bits per heavy atom. The van der Waals surface area contributed by atoms with Gasteiger partial charge in [0, 0.05) is 40.7 Å². The lowest BCUT2D eigenvalue weighted by molar-refractivity contribution is 0.539. The number of aromatic nitrogens is 2. The van der Waals surface area contributed by atoms with E-state index in [1.165, 1.54) is 5.56 Å². The number of rotatable bonds is 5. The average Bonchev–Trinajstić information content (AvgIpc) is 2.41. The molecule has 0 aliphatic carbocycles. The molecule has 0 aliphatic rings. The summed E-state index contributed by atoms with van der Waals surface area (Å²) in [6.45, 7) is 5.10. The van der Waals surface area contributed by atoms with Gasteiger partial charge in [0.15, 0.2) is 0 Å². The molecular formula is C15H18BrN3. The van der Waals surface area contributed by atoms with E-state index in [1.54, 1.807) is 0 Å². The Hall–Kier alpha value is -1.26. The standard InChI is InChI=1S/C15H18BrN3/c1-3-17-15(14-5-4-8-18-11(14)2)9-13-7-6-12(16)10-19-13/h4-8,10,15,17H,3,9H2,1-2H3. The minimum atomic E-state index is 0.257. The predicted octanol–water partition coefficient (Wildman–Crippen LogP) is 3.44. The Labute approximate surface area is 122 Å². The number of nitrogens with zero attached hydrogens (tertiary/aromatic N) is 2. The van der Waals surface area contributed by atoms with Crippen molar-refractivity contribution in [2.24, 2.45) is 0 Å². The van der Waals surface area contributed by atoms with Crippen LogP contribution in [0.1, 0.15) is 29.9 Å². The molecule has 0 aromatic carbocycles. The van der Waals surface area contributed by atoms with Crippen LogP contribution < -0.4 is 5.32 Å². The maximum Gasteiger partial charge on any atom is 0.0423 e. The highest BCUT2D eigenvalue weighted by Gasteiger charge is 2.14. The summed E-state index contributed by atoms with van der Waals surface area (Å²) >= 11 is 3.41. The molecule has 0 aliphatic heterocycles. The second-order valence-electron chi connectivity index (χ2n) is 4.46. The number of likely N-dealkylation sites (N-methyl/N-ethyl adjacent to an activating group) is 1. The average molecular weight is 320 g/mol. The molecule has 0 bridgehead atoms. The van der Waals surface area contributed by atoms with Crippen molar-refractivity contribution in [2.75, 3.05) is 6.54 Å². The molecule has 19 heavy (non-hydrogen) atoms. The monoisotopic (exact) mass is 319 g/mol. The highest BCUT2D eigenvalue weighted by molar-refractivity contribution is 9.10. The van der Waals surface area contributed by atoms with Gasteiger partial charge in [0.1, 0.15) is 0 Å². The number of aryl methyl sites for hydroxylation is 1. The minimum absolute atomic E-state index is 0.257. The first-order chi connectivity index (χ1) is 9.20. The molecule has 2 aromatic rings. The first-order valence-corrected chi connectivity index (χ1v) is 7.25. The van der Waals surface area contributed by atoms with Gasteiger partial charge in [0.2, 0.25) is 0 Å². The van der Waals surface area contributed by atoms with Gasteiger partial charge < -0.3 is 5.32 Å². The van der Waals surface area contributed by atoms with Gasteiger partial charge >= 0.3 is 0 Å². The molecule has 2 aromatic heterocycles. The predicted molar refractivity (Wildman–Crippen MR) is 81.0 cm³/mol. The molecular weight excluding hydrogens is 302 g/mol. The Morgan fingerprint density at radius 3 is 2.74 bits per heavy atom. The Morgan fingerprint density at radius 1 is 1.26 bits per heavy atom. The quantitative estimate of drug-likeness (QED) is 0.917. The van der Waals surface area contributed by atoms with Crippen molar-refractivity contribution < 1.29 is 0 Å². The molecule has 0 amide bonds. The van der Waals surface area contributed by atoms with Gasteiger partial charge in [-0.3, -0.25) is 9.97 Å². The minimum Gasteiger partial charge on any atom is -0.310 e. The summed E-state index contributed by atoms with van der Waals surface area (Å²) in [5.74, 6) is 0. The van der Waals surface area contributed by atoms with Gasteiger partial charge in [0.25, 0.3) is 0 Å². The van der Waals surface area contributed by atoms with E-state index < -0.39 is 0 Å². The number of hydrogen-bond acceptors (Lipinski definition) is 3. The highest BCUT2D eigenvalue weighted by Crippen LogP contribution is 2.20. The Balaban J connectivity index is 2.21. The number of pyridine rings is 2. The summed E-state index contributed by atoms with van der Waals surface area (Å²) in [5.41, 5.74) is 3.40. The fourth-order valence-electron chi connectivity index (χ4n) is 2.14. The lowest BCUT2D eigenvalue weighted by atomic mass is 10.0. The largest absolute Gasteiger partial charge is 0.310 e. The fourth-order valence-corrected chi connectivity index (χ4v) is 2.37. The lowest BCUT2D eigenvalue weighted by Crippen LogP contribution is -2.24. The molecule has 4 heteroatoms. The summed E-state index contributed by atoms with van der Waals surface area (Å²) in [7, 11) is 0. The van der Waals surface area contributed by atoms with Crippen LogP contribution in [0.3, 0.4) is 0 Å². The maximum atomic E-state index is 4.45. The molecule has 2 rings (SSSR count). The molecule has 0 saturated heterocycles. The maximum absolute atomic E-state index is 4.45. The smallest absolute Gasteiger partial charge is 0.0423 e. The van der Waals surface area contributed by atoms with E-state index in [0.717, 1.165) is 28.8 Å². The summed E-state index contributed by atoms with van der Waals surface area (Å²) in [5, 5.41) is 3.51. The summed E-state index contributed by atoms with van der Waals surface area (Å²) in [6, 6.07) is 8.46. The van der Waals surface area contributed by atoms with Crippen molar-refractivity contribution in [2.45, 2.75) is 26.3 Å². The number of halogens is 1. The Bertz CT molecular complexity index is 525. The lowest BCUT2D eigenvalue weighted by Gasteiger charge is -2.19. The third kappa shape index (κ3) is 3.85. The molecule has 0 radical (unpaired) electrons. The normalized spacial score (nSPS) is 12.4. The van der Waals surface area contributed by atoms with E-state index in [-0.39, 0.29) is 6.04 Å². The van der Waals surface area contributed by atoms with E-state index >= 15 is 0 Å².